The highest BCUT2D eigenvalue weighted by Crippen LogP contribution is 2.36. The topological polar surface area (TPSA) is 73.9 Å². The van der Waals surface area contributed by atoms with Gasteiger partial charge in [0.05, 0.1) is 13.2 Å². The Morgan fingerprint density at radius 2 is 2.00 bits per heavy atom. The lowest BCUT2D eigenvalue weighted by Crippen LogP contribution is -2.48. The minimum absolute atomic E-state index is 0.156. The number of hydrogen-bond donors (Lipinski definition) is 1. The molecule has 162 valence electrons. The molecule has 0 bridgehead atoms. The molecule has 1 fully saturated rings. The van der Waals surface area contributed by atoms with Crippen molar-refractivity contribution >= 4 is 17.6 Å². The van der Waals surface area contributed by atoms with E-state index in [1.54, 1.807) is 25.1 Å². The van der Waals surface area contributed by atoms with E-state index < -0.39 is 11.6 Å². The van der Waals surface area contributed by atoms with Gasteiger partial charge in [0.1, 0.15) is 16.9 Å². The predicted molar refractivity (Wildman–Crippen MR) is 113 cm³/mol. The minimum atomic E-state index is -0.816. The van der Waals surface area contributed by atoms with Crippen molar-refractivity contribution in [3.8, 4) is 5.75 Å². The van der Waals surface area contributed by atoms with Gasteiger partial charge in [-0.05, 0) is 63.1 Å². The Bertz CT molecular complexity index is 699. The molecule has 29 heavy (non-hydrogen) atoms. The Kier molecular flexibility index (Phi) is 8.50. The van der Waals surface area contributed by atoms with E-state index in [1.165, 1.54) is 0 Å². The molecule has 1 N–H and O–H groups in total. The van der Waals surface area contributed by atoms with Crippen LogP contribution in [-0.2, 0) is 14.3 Å². The molecule has 0 spiro atoms. The lowest BCUT2D eigenvalue weighted by molar-refractivity contribution is -0.147. The van der Waals surface area contributed by atoms with E-state index >= 15 is 0 Å². The van der Waals surface area contributed by atoms with E-state index in [0.29, 0.717) is 54.9 Å². The Morgan fingerprint density at radius 3 is 2.62 bits per heavy atom. The van der Waals surface area contributed by atoms with Gasteiger partial charge >= 0.3 is 5.97 Å². The molecule has 1 aromatic rings. The second kappa shape index (κ2) is 10.6. The number of carbonyl (C=O) groups excluding carboxylic acids is 2. The van der Waals surface area contributed by atoms with E-state index in [-0.39, 0.29) is 12.5 Å². The van der Waals surface area contributed by atoms with Crippen LogP contribution in [0, 0.1) is 11.8 Å². The average Bonchev–Trinajstić information content (AvgIpc) is 2.67. The molecule has 2 atom stereocenters. The summed E-state index contributed by atoms with van der Waals surface area (Å²) < 4.78 is 16.9. The van der Waals surface area contributed by atoms with Gasteiger partial charge in [-0.15, -0.1) is 0 Å². The molecule has 1 saturated carbocycles. The summed E-state index contributed by atoms with van der Waals surface area (Å²) in [6, 6.07) is 5.08. The van der Waals surface area contributed by atoms with Crippen molar-refractivity contribution in [2.75, 3.05) is 25.1 Å². The monoisotopic (exact) mass is 405 g/mol. The van der Waals surface area contributed by atoms with Crippen molar-refractivity contribution in [3.63, 3.8) is 0 Å². The first-order valence-electron chi connectivity index (χ1n) is 10.7. The fourth-order valence-electron chi connectivity index (χ4n) is 3.79. The van der Waals surface area contributed by atoms with Crippen LogP contribution in [-0.4, -0.2) is 37.3 Å². The van der Waals surface area contributed by atoms with Crippen LogP contribution in [0.5, 0.6) is 5.75 Å². The number of benzene rings is 1. The molecule has 0 saturated heterocycles. The summed E-state index contributed by atoms with van der Waals surface area (Å²) in [5.74, 6) is 0.595. The summed E-state index contributed by atoms with van der Waals surface area (Å²) in [7, 11) is 0. The van der Waals surface area contributed by atoms with Gasteiger partial charge < -0.3 is 19.5 Å². The van der Waals surface area contributed by atoms with Gasteiger partial charge in [-0.2, -0.15) is 0 Å². The van der Waals surface area contributed by atoms with Crippen LogP contribution in [0.15, 0.2) is 18.2 Å². The number of esters is 1. The number of rotatable bonds is 9. The first kappa shape index (κ1) is 23.2. The second-order valence-electron chi connectivity index (χ2n) is 8.22. The fraction of sp³-hybridized carbons (Fsp3) is 0.652. The van der Waals surface area contributed by atoms with E-state index in [2.05, 4.69) is 12.2 Å². The zero-order valence-corrected chi connectivity index (χ0v) is 18.4. The molecular weight excluding hydrogens is 370 g/mol. The van der Waals surface area contributed by atoms with E-state index in [0.717, 1.165) is 12.8 Å². The van der Waals surface area contributed by atoms with Crippen LogP contribution in [0.3, 0.4) is 0 Å². The van der Waals surface area contributed by atoms with E-state index in [9.17, 15) is 9.59 Å². The number of hydrogen-bond acceptors (Lipinski definition) is 5. The third-order valence-electron chi connectivity index (χ3n) is 5.10. The van der Waals surface area contributed by atoms with Crippen LogP contribution in [0.25, 0.3) is 0 Å². The maximum Gasteiger partial charge on any atom is 0.341 e. The summed E-state index contributed by atoms with van der Waals surface area (Å²) in [4.78, 5) is 25.6. The van der Waals surface area contributed by atoms with Gasteiger partial charge in [-0.1, -0.05) is 27.2 Å². The third-order valence-corrected chi connectivity index (χ3v) is 5.10. The number of anilines is 1. The van der Waals surface area contributed by atoms with Crippen LogP contribution in [0.4, 0.5) is 5.69 Å². The highest BCUT2D eigenvalue weighted by Gasteiger charge is 2.42. The van der Waals surface area contributed by atoms with Crippen molar-refractivity contribution in [2.45, 2.75) is 65.9 Å². The molecular formula is C23H35NO5. The zero-order valence-electron chi connectivity index (χ0n) is 18.4. The third kappa shape index (κ3) is 6.20. The maximum atomic E-state index is 13.1. The lowest BCUT2D eigenvalue weighted by Gasteiger charge is -2.38. The molecule has 0 radical (unpaired) electrons. The second-order valence-corrected chi connectivity index (χ2v) is 8.22. The van der Waals surface area contributed by atoms with Crippen molar-refractivity contribution in [3.05, 3.63) is 23.8 Å². The molecule has 0 unspecified atom stereocenters. The summed E-state index contributed by atoms with van der Waals surface area (Å²) >= 11 is 0. The fourth-order valence-corrected chi connectivity index (χ4v) is 3.79. The standard InChI is InChI=1S/C23H35NO5/c1-6-27-21(25)19-13-18(10-11-20(19)28-15-16(3)4)24-22(26)23(29-7-2)12-8-9-17(5)14-23/h10-11,13,16-17H,6-9,12,14-15H2,1-5H3,(H,24,26)/t17-,23-/m0/s1. The summed E-state index contributed by atoms with van der Waals surface area (Å²) in [5, 5.41) is 2.96. The van der Waals surface area contributed by atoms with Gasteiger partial charge in [0, 0.05) is 12.3 Å². The van der Waals surface area contributed by atoms with Crippen LogP contribution >= 0.6 is 0 Å². The molecule has 0 aliphatic heterocycles. The lowest BCUT2D eigenvalue weighted by atomic mass is 9.78. The number of ether oxygens (including phenoxy) is 3. The van der Waals surface area contributed by atoms with E-state index in [1.807, 2.05) is 20.8 Å². The summed E-state index contributed by atoms with van der Waals surface area (Å²) in [5.41, 5.74) is 0.0311. The number of nitrogens with one attached hydrogen (secondary N) is 1. The molecule has 0 heterocycles. The highest BCUT2D eigenvalue weighted by atomic mass is 16.5. The van der Waals surface area contributed by atoms with Crippen LogP contribution < -0.4 is 10.1 Å². The van der Waals surface area contributed by atoms with Gasteiger partial charge in [0.25, 0.3) is 5.91 Å². The minimum Gasteiger partial charge on any atom is -0.492 e. The molecule has 1 aliphatic rings. The van der Waals surface area contributed by atoms with Crippen molar-refractivity contribution in [1.82, 2.24) is 0 Å². The first-order chi connectivity index (χ1) is 13.8. The van der Waals surface area contributed by atoms with Crippen molar-refractivity contribution < 1.29 is 23.8 Å². The van der Waals surface area contributed by atoms with Gasteiger partial charge in [0.2, 0.25) is 0 Å². The molecule has 1 aromatic carbocycles. The maximum absolute atomic E-state index is 13.1. The van der Waals surface area contributed by atoms with Crippen molar-refractivity contribution in [1.29, 1.82) is 0 Å². The Balaban J connectivity index is 2.25. The van der Waals surface area contributed by atoms with Crippen LogP contribution in [0.2, 0.25) is 0 Å². The smallest absolute Gasteiger partial charge is 0.341 e. The molecule has 2 rings (SSSR count). The SMILES string of the molecule is CCOC(=O)c1cc(NC(=O)[C@]2(OCC)CCC[C@H](C)C2)ccc1OCC(C)C. The van der Waals surface area contributed by atoms with E-state index in [4.69, 9.17) is 14.2 Å². The largest absolute Gasteiger partial charge is 0.492 e. The summed E-state index contributed by atoms with van der Waals surface area (Å²) in [6.07, 6.45) is 3.48. The first-order valence-corrected chi connectivity index (χ1v) is 10.7. The average molecular weight is 406 g/mol. The normalized spacial score (nSPS) is 21.7. The van der Waals surface area contributed by atoms with Gasteiger partial charge in [-0.3, -0.25) is 4.79 Å². The molecule has 1 aliphatic carbocycles. The summed E-state index contributed by atoms with van der Waals surface area (Å²) in [6.45, 7) is 11.1. The molecule has 0 aromatic heterocycles. The van der Waals surface area contributed by atoms with Gasteiger partial charge in [0.15, 0.2) is 0 Å². The molecule has 6 heteroatoms. The quantitative estimate of drug-likeness (QED) is 0.596. The Hall–Kier alpha value is -2.08. The Morgan fingerprint density at radius 1 is 1.24 bits per heavy atom. The van der Waals surface area contributed by atoms with Crippen LogP contribution in [0.1, 0.15) is 70.7 Å². The van der Waals surface area contributed by atoms with Gasteiger partial charge in [-0.25, -0.2) is 4.79 Å². The zero-order chi connectivity index (χ0) is 21.4. The predicted octanol–water partition coefficient (Wildman–Crippen LogP) is 4.82. The molecule has 1 amide bonds. The van der Waals surface area contributed by atoms with Crippen molar-refractivity contribution in [2.24, 2.45) is 11.8 Å². The number of carbonyl (C=O) groups is 2. The molecule has 6 nitrogen and oxygen atoms in total. The highest BCUT2D eigenvalue weighted by molar-refractivity contribution is 5.99. The number of amides is 1. The Labute approximate surface area is 174 Å².